The summed E-state index contributed by atoms with van der Waals surface area (Å²) in [4.78, 5) is 29.8. The number of nitrogens with one attached hydrogen (secondary N) is 2. The summed E-state index contributed by atoms with van der Waals surface area (Å²) in [5.41, 5.74) is 1.13. The van der Waals surface area contributed by atoms with Crippen LogP contribution in [-0.2, 0) is 23.5 Å². The lowest BCUT2D eigenvalue weighted by atomic mass is 10.1. The third-order valence-electron chi connectivity index (χ3n) is 5.80. The van der Waals surface area contributed by atoms with Crippen LogP contribution in [0.4, 0.5) is 0 Å². The molecule has 11 heteroatoms. The number of aromatic nitrogens is 2. The van der Waals surface area contributed by atoms with E-state index in [0.717, 1.165) is 5.56 Å². The maximum atomic E-state index is 12.9. The molecule has 1 atom stereocenters. The van der Waals surface area contributed by atoms with Crippen LogP contribution in [0.15, 0.2) is 47.4 Å². The van der Waals surface area contributed by atoms with Gasteiger partial charge in [-0.05, 0) is 42.7 Å². The van der Waals surface area contributed by atoms with Crippen molar-refractivity contribution < 1.29 is 13.7 Å². The molecule has 1 amide bonds. The lowest BCUT2D eigenvalue weighted by molar-refractivity contribution is 0.0949. The Morgan fingerprint density at radius 2 is 2.06 bits per heavy atom. The second kappa shape index (κ2) is 8.31. The zero-order valence-corrected chi connectivity index (χ0v) is 18.6. The van der Waals surface area contributed by atoms with E-state index < -0.39 is 26.1 Å². The van der Waals surface area contributed by atoms with E-state index in [9.17, 15) is 13.8 Å². The maximum absolute atomic E-state index is 12.9. The van der Waals surface area contributed by atoms with E-state index in [1.54, 1.807) is 30.3 Å². The van der Waals surface area contributed by atoms with E-state index in [4.69, 9.17) is 19.9 Å². The van der Waals surface area contributed by atoms with Crippen molar-refractivity contribution >= 4 is 26.7 Å². The van der Waals surface area contributed by atoms with Crippen molar-refractivity contribution in [1.29, 1.82) is 10.0 Å². The summed E-state index contributed by atoms with van der Waals surface area (Å²) in [7, 11) is -1.76. The van der Waals surface area contributed by atoms with Crippen molar-refractivity contribution in [3.63, 3.8) is 0 Å². The van der Waals surface area contributed by atoms with Gasteiger partial charge in [-0.25, -0.2) is 19.1 Å². The molecule has 0 aliphatic heterocycles. The Kier molecular flexibility index (Phi) is 5.65. The lowest BCUT2D eigenvalue weighted by Crippen LogP contribution is -2.35. The van der Waals surface area contributed by atoms with E-state index in [1.807, 2.05) is 6.07 Å². The SMILES string of the molecule is Cn1c(=O)c(C(=O)NCc2ccc(C#N)cc2)cc2ccnc(OCC3(S(=N)(N)=O)CC3)c21. The summed E-state index contributed by atoms with van der Waals surface area (Å²) in [5, 5.41) is 17.7. The third kappa shape index (κ3) is 4.30. The van der Waals surface area contributed by atoms with Gasteiger partial charge in [0.2, 0.25) is 5.88 Å². The predicted octanol–water partition coefficient (Wildman–Crippen LogP) is 1.57. The first-order valence-electron chi connectivity index (χ1n) is 10.1. The number of pyridine rings is 2. The Bertz CT molecular complexity index is 1450. The summed E-state index contributed by atoms with van der Waals surface area (Å²) in [6, 6.07) is 11.9. The Morgan fingerprint density at radius 3 is 2.67 bits per heavy atom. The first-order valence-corrected chi connectivity index (χ1v) is 11.7. The van der Waals surface area contributed by atoms with Crippen LogP contribution in [0.5, 0.6) is 5.88 Å². The molecule has 4 N–H and O–H groups in total. The minimum absolute atomic E-state index is 0.0365. The number of amides is 1. The van der Waals surface area contributed by atoms with Crippen LogP contribution < -0.4 is 20.8 Å². The molecule has 1 aliphatic carbocycles. The van der Waals surface area contributed by atoms with Gasteiger partial charge in [0.25, 0.3) is 11.5 Å². The van der Waals surface area contributed by atoms with Crippen LogP contribution in [0.25, 0.3) is 10.9 Å². The molecule has 4 rings (SSSR count). The largest absolute Gasteiger partial charge is 0.474 e. The van der Waals surface area contributed by atoms with Gasteiger partial charge in [-0.15, -0.1) is 0 Å². The van der Waals surface area contributed by atoms with Gasteiger partial charge in [-0.3, -0.25) is 9.59 Å². The number of carbonyl (C=O) groups is 1. The van der Waals surface area contributed by atoms with Gasteiger partial charge >= 0.3 is 0 Å². The first kappa shape index (κ1) is 22.4. The number of benzene rings is 1. The number of nitrogens with zero attached hydrogens (tertiary/aromatic N) is 3. The molecule has 33 heavy (non-hydrogen) atoms. The fourth-order valence-electron chi connectivity index (χ4n) is 3.52. The number of carbonyl (C=O) groups excluding carboxylic acids is 1. The number of ether oxygens (including phenoxy) is 1. The fraction of sp³-hybridized carbons (Fsp3) is 0.273. The quantitative estimate of drug-likeness (QED) is 0.478. The number of fused-ring (bicyclic) bond motifs is 1. The minimum atomic E-state index is -3.27. The van der Waals surface area contributed by atoms with Crippen molar-refractivity contribution in [1.82, 2.24) is 14.9 Å². The van der Waals surface area contributed by atoms with Crippen molar-refractivity contribution in [2.24, 2.45) is 12.2 Å². The molecule has 3 aromatic rings. The zero-order valence-electron chi connectivity index (χ0n) is 17.8. The first-order chi connectivity index (χ1) is 15.6. The molecule has 1 aliphatic rings. The minimum Gasteiger partial charge on any atom is -0.474 e. The summed E-state index contributed by atoms with van der Waals surface area (Å²) >= 11 is 0. The zero-order chi connectivity index (χ0) is 23.8. The van der Waals surface area contributed by atoms with Gasteiger partial charge in [0.15, 0.2) is 0 Å². The second-order valence-corrected chi connectivity index (χ2v) is 10.1. The molecule has 1 aromatic carbocycles. The van der Waals surface area contributed by atoms with Gasteiger partial charge in [-0.1, -0.05) is 12.1 Å². The van der Waals surface area contributed by atoms with E-state index in [1.165, 1.54) is 23.9 Å². The van der Waals surface area contributed by atoms with Crippen LogP contribution >= 0.6 is 0 Å². The number of nitriles is 1. The van der Waals surface area contributed by atoms with Gasteiger partial charge in [0.1, 0.15) is 32.3 Å². The van der Waals surface area contributed by atoms with Crippen LogP contribution in [-0.4, -0.2) is 31.0 Å². The second-order valence-electron chi connectivity index (χ2n) is 8.04. The summed E-state index contributed by atoms with van der Waals surface area (Å²) < 4.78 is 25.9. The molecule has 1 saturated carbocycles. The molecule has 1 fully saturated rings. The van der Waals surface area contributed by atoms with Crippen molar-refractivity contribution in [3.05, 3.63) is 69.6 Å². The molecule has 0 saturated heterocycles. The third-order valence-corrected chi connectivity index (χ3v) is 7.61. The number of hydrogen-bond acceptors (Lipinski definition) is 7. The molecule has 170 valence electrons. The van der Waals surface area contributed by atoms with Crippen LogP contribution in [0.1, 0.15) is 34.3 Å². The normalized spacial score (nSPS) is 15.9. The average Bonchev–Trinajstić information content (AvgIpc) is 3.60. The number of rotatable bonds is 7. The summed E-state index contributed by atoms with van der Waals surface area (Å²) in [6.45, 7) is 0.156. The smallest absolute Gasteiger partial charge is 0.263 e. The highest BCUT2D eigenvalue weighted by molar-refractivity contribution is 7.91. The fourth-order valence-corrected chi connectivity index (χ4v) is 4.46. The highest BCUT2D eigenvalue weighted by Crippen LogP contribution is 2.42. The van der Waals surface area contributed by atoms with Crippen molar-refractivity contribution in [3.8, 4) is 11.9 Å². The van der Waals surface area contributed by atoms with Crippen LogP contribution in [0, 0.1) is 16.1 Å². The van der Waals surface area contributed by atoms with Gasteiger partial charge in [0, 0.05) is 25.2 Å². The maximum Gasteiger partial charge on any atom is 0.263 e. The molecule has 10 nitrogen and oxygen atoms in total. The Morgan fingerprint density at radius 1 is 1.36 bits per heavy atom. The van der Waals surface area contributed by atoms with Gasteiger partial charge in [0.05, 0.1) is 11.6 Å². The van der Waals surface area contributed by atoms with E-state index in [2.05, 4.69) is 10.3 Å². The van der Waals surface area contributed by atoms with Crippen molar-refractivity contribution in [2.75, 3.05) is 6.61 Å². The number of nitrogens with two attached hydrogens (primary N) is 1. The van der Waals surface area contributed by atoms with Crippen LogP contribution in [0.3, 0.4) is 0 Å². The molecule has 2 heterocycles. The predicted molar refractivity (Wildman–Crippen MR) is 122 cm³/mol. The molecular formula is C22H22N6O4S. The summed E-state index contributed by atoms with van der Waals surface area (Å²) in [5.74, 6) is -0.387. The van der Waals surface area contributed by atoms with E-state index in [0.29, 0.717) is 29.3 Å². The van der Waals surface area contributed by atoms with Crippen molar-refractivity contribution in [2.45, 2.75) is 24.1 Å². The van der Waals surface area contributed by atoms with E-state index >= 15 is 0 Å². The number of aryl methyl sites for hydroxylation is 1. The Labute approximate surface area is 190 Å². The molecule has 0 radical (unpaired) electrons. The monoisotopic (exact) mass is 466 g/mol. The molecular weight excluding hydrogens is 444 g/mol. The van der Waals surface area contributed by atoms with Gasteiger partial charge in [-0.2, -0.15) is 5.26 Å². The van der Waals surface area contributed by atoms with Gasteiger partial charge < -0.3 is 14.6 Å². The highest BCUT2D eigenvalue weighted by atomic mass is 32.2. The number of hydrogen-bond donors (Lipinski definition) is 3. The standard InChI is InChI=1S/C22H22N6O4S/c1-28-18-16(6-9-26-20(18)32-13-22(7-8-22)33(24,25)31)10-17(21(28)30)19(29)27-12-15-4-2-14(11-23)3-5-15/h2-6,9-10H,7-8,12-13H2,1H3,(H,27,29)(H3,24,25,31). The molecule has 0 spiro atoms. The Hall–Kier alpha value is -3.75. The molecule has 0 bridgehead atoms. The summed E-state index contributed by atoms with van der Waals surface area (Å²) in [6.07, 6.45) is 2.54. The topological polar surface area (TPSA) is 164 Å². The highest BCUT2D eigenvalue weighted by Gasteiger charge is 2.51. The van der Waals surface area contributed by atoms with Crippen LogP contribution in [0.2, 0.25) is 0 Å². The lowest BCUT2D eigenvalue weighted by Gasteiger charge is -2.17. The molecule has 2 aromatic heterocycles. The molecule has 1 unspecified atom stereocenters. The average molecular weight is 467 g/mol. The van der Waals surface area contributed by atoms with E-state index in [-0.39, 0.29) is 24.6 Å². The Balaban J connectivity index is 1.58.